The van der Waals surface area contributed by atoms with Crippen LogP contribution in [0, 0.1) is 5.92 Å². The highest BCUT2D eigenvalue weighted by molar-refractivity contribution is 8.18. The summed E-state index contributed by atoms with van der Waals surface area (Å²) in [6, 6.07) is 8.76. The Bertz CT molecular complexity index is 1370. The molecule has 2 N–H and O–H groups in total. The Morgan fingerprint density at radius 3 is 2.66 bits per heavy atom. The second kappa shape index (κ2) is 11.3. The summed E-state index contributed by atoms with van der Waals surface area (Å²) >= 11 is 1.94. The lowest BCUT2D eigenvalue weighted by Crippen LogP contribution is -2.38. The summed E-state index contributed by atoms with van der Waals surface area (Å²) in [6.07, 6.45) is 6.95. The van der Waals surface area contributed by atoms with Crippen molar-refractivity contribution in [1.82, 2.24) is 25.6 Å². The van der Waals surface area contributed by atoms with E-state index in [0.29, 0.717) is 34.7 Å². The van der Waals surface area contributed by atoms with Crippen LogP contribution in [0.25, 0.3) is 16.6 Å². The average Bonchev–Trinajstić information content (AvgIpc) is 3.52. The van der Waals surface area contributed by atoms with Gasteiger partial charge in [0.25, 0.3) is 17.1 Å². The van der Waals surface area contributed by atoms with Crippen molar-refractivity contribution in [3.8, 4) is 10.6 Å². The van der Waals surface area contributed by atoms with E-state index >= 15 is 0 Å². The first-order valence-corrected chi connectivity index (χ1v) is 13.8. The van der Waals surface area contributed by atoms with Crippen LogP contribution in [0.3, 0.4) is 0 Å². The number of thiophene rings is 1. The summed E-state index contributed by atoms with van der Waals surface area (Å²) in [7, 11) is 0. The second-order valence-electron chi connectivity index (χ2n) is 9.30. The van der Waals surface area contributed by atoms with E-state index in [4.69, 9.17) is 0 Å². The van der Waals surface area contributed by atoms with Crippen molar-refractivity contribution in [3.05, 3.63) is 63.8 Å². The first-order valence-electron chi connectivity index (χ1n) is 12.2. The van der Waals surface area contributed by atoms with E-state index in [0.717, 1.165) is 72.9 Å². The molecule has 38 heavy (non-hydrogen) atoms. The summed E-state index contributed by atoms with van der Waals surface area (Å²) < 4.78 is 27.2. The number of pyridine rings is 1. The number of piperidine rings is 1. The van der Waals surface area contributed by atoms with Gasteiger partial charge in [-0.25, -0.2) is 18.7 Å². The van der Waals surface area contributed by atoms with Crippen molar-refractivity contribution in [1.29, 1.82) is 0 Å². The molecule has 0 atom stereocenters. The molecular weight excluding hydrogens is 530 g/mol. The quantitative estimate of drug-likeness (QED) is 0.372. The minimum Gasteiger partial charge on any atom is -0.341 e. The van der Waals surface area contributed by atoms with Gasteiger partial charge in [0.1, 0.15) is 0 Å². The van der Waals surface area contributed by atoms with Crippen molar-refractivity contribution in [2.24, 2.45) is 5.92 Å². The van der Waals surface area contributed by atoms with Crippen LogP contribution < -0.4 is 15.5 Å². The Morgan fingerprint density at radius 2 is 1.95 bits per heavy atom. The summed E-state index contributed by atoms with van der Waals surface area (Å²) in [5.74, 6) is -2.13. The fourth-order valence-electron chi connectivity index (χ4n) is 4.34. The van der Waals surface area contributed by atoms with E-state index in [2.05, 4.69) is 30.5 Å². The molecule has 5 heterocycles. The number of nitrogens with zero attached hydrogens (tertiary/aromatic N) is 4. The highest BCUT2D eigenvalue weighted by Crippen LogP contribution is 2.36. The zero-order valence-corrected chi connectivity index (χ0v) is 22.2. The van der Waals surface area contributed by atoms with Crippen molar-refractivity contribution in [3.63, 3.8) is 0 Å². The molecule has 0 spiro atoms. The summed E-state index contributed by atoms with van der Waals surface area (Å²) in [6.45, 7) is 4.09. The van der Waals surface area contributed by atoms with Gasteiger partial charge in [-0.15, -0.1) is 11.3 Å². The molecular formula is C26H26F2N6O2S2. The molecule has 2 aliphatic rings. The fourth-order valence-corrected chi connectivity index (χ4v) is 5.91. The van der Waals surface area contributed by atoms with Crippen molar-refractivity contribution in [2.75, 3.05) is 24.5 Å². The maximum absolute atomic E-state index is 13.6. The topological polar surface area (TPSA) is 100 Å². The molecule has 3 aromatic rings. The zero-order valence-electron chi connectivity index (χ0n) is 20.6. The van der Waals surface area contributed by atoms with Crippen LogP contribution in [0.4, 0.5) is 19.5 Å². The number of nitrogens with one attached hydrogen (secondary N) is 2. The summed E-state index contributed by atoms with van der Waals surface area (Å²) in [5, 5.41) is 5.39. The van der Waals surface area contributed by atoms with E-state index < -0.39 is 11.8 Å². The van der Waals surface area contributed by atoms with Gasteiger partial charge in [-0.3, -0.25) is 19.9 Å². The van der Waals surface area contributed by atoms with Crippen molar-refractivity contribution < 1.29 is 18.4 Å². The van der Waals surface area contributed by atoms with Gasteiger partial charge in [0.15, 0.2) is 0 Å². The normalized spacial score (nSPS) is 17.9. The molecule has 5 rings (SSSR count). The molecule has 8 nitrogen and oxygen atoms in total. The van der Waals surface area contributed by atoms with Crippen molar-refractivity contribution in [2.45, 2.75) is 32.2 Å². The first kappa shape index (κ1) is 26.4. The van der Waals surface area contributed by atoms with Gasteiger partial charge >= 0.3 is 0 Å². The number of rotatable bonds is 8. The Balaban J connectivity index is 1.11. The number of hydrogen-bond donors (Lipinski definition) is 2. The van der Waals surface area contributed by atoms with Crippen LogP contribution in [-0.4, -0.2) is 45.7 Å². The van der Waals surface area contributed by atoms with Crippen molar-refractivity contribution >= 4 is 46.3 Å². The fraction of sp³-hybridized carbons (Fsp3) is 0.346. The number of carbonyl (C=O) groups excluding carboxylic acids is 2. The van der Waals surface area contributed by atoms with E-state index in [1.165, 1.54) is 6.07 Å². The molecule has 3 aromatic heterocycles. The van der Waals surface area contributed by atoms with E-state index in [1.54, 1.807) is 30.6 Å². The summed E-state index contributed by atoms with van der Waals surface area (Å²) in [4.78, 5) is 39.7. The van der Waals surface area contributed by atoms with E-state index in [9.17, 15) is 18.4 Å². The molecule has 0 radical (unpaired) electrons. The van der Waals surface area contributed by atoms with Gasteiger partial charge in [-0.05, 0) is 79.0 Å². The van der Waals surface area contributed by atoms with Crippen LogP contribution in [0.2, 0.25) is 0 Å². The number of thioether (sulfide) groups is 1. The SMILES string of the molecule is CC(F)(F)c1ccc(-c2cc(CNCC3CCN(c4nccc(/C=C5\SC(=O)NC5=O)n4)CC3)ccn2)s1. The lowest BCUT2D eigenvalue weighted by molar-refractivity contribution is -0.115. The molecule has 0 unspecified atom stereocenters. The van der Waals surface area contributed by atoms with Crippen LogP contribution in [0.5, 0.6) is 0 Å². The molecule has 2 amide bonds. The molecule has 0 aliphatic carbocycles. The Labute approximate surface area is 227 Å². The Morgan fingerprint density at radius 1 is 1.16 bits per heavy atom. The number of hydrogen-bond acceptors (Lipinski definition) is 9. The minimum absolute atomic E-state index is 0.0371. The predicted molar refractivity (Wildman–Crippen MR) is 145 cm³/mol. The van der Waals surface area contributed by atoms with Gasteiger partial charge in [0.2, 0.25) is 5.95 Å². The standard InChI is InChI=1S/C26H26F2N6O2S2/c1-26(27,28)22-3-2-20(37-22)19-12-17(4-8-30-19)15-29-14-16-6-10-34(11-7-16)24-31-9-5-18(32-24)13-21-23(35)33-25(36)38-21/h2-5,8-9,12-13,16,29H,6-7,10-11,14-15H2,1H3,(H,33,35,36)/b21-13-. The number of imide groups is 1. The smallest absolute Gasteiger partial charge is 0.290 e. The lowest BCUT2D eigenvalue weighted by Gasteiger charge is -2.32. The number of anilines is 1. The zero-order chi connectivity index (χ0) is 26.7. The second-order valence-corrected chi connectivity index (χ2v) is 11.4. The van der Waals surface area contributed by atoms with Gasteiger partial charge < -0.3 is 10.2 Å². The minimum atomic E-state index is -2.85. The van der Waals surface area contributed by atoms with Gasteiger partial charge in [-0.2, -0.15) is 0 Å². The molecule has 0 saturated carbocycles. The van der Waals surface area contributed by atoms with Gasteiger partial charge in [0, 0.05) is 39.0 Å². The molecule has 2 aliphatic heterocycles. The molecule has 2 saturated heterocycles. The maximum Gasteiger partial charge on any atom is 0.290 e. The van der Waals surface area contributed by atoms with E-state index in [1.807, 2.05) is 12.1 Å². The molecule has 198 valence electrons. The van der Waals surface area contributed by atoms with Crippen LogP contribution >= 0.6 is 23.1 Å². The Kier molecular flexibility index (Phi) is 7.82. The number of amides is 2. The molecule has 12 heteroatoms. The number of carbonyl (C=O) groups is 2. The maximum atomic E-state index is 13.6. The third kappa shape index (κ3) is 6.43. The largest absolute Gasteiger partial charge is 0.341 e. The van der Waals surface area contributed by atoms with Gasteiger partial charge in [-0.1, -0.05) is 0 Å². The van der Waals surface area contributed by atoms with E-state index in [-0.39, 0.29) is 10.1 Å². The molecule has 0 bridgehead atoms. The lowest BCUT2D eigenvalue weighted by atomic mass is 9.97. The molecule has 2 fully saturated rings. The summed E-state index contributed by atoms with van der Waals surface area (Å²) in [5.41, 5.74) is 2.35. The number of halogens is 2. The first-order chi connectivity index (χ1) is 18.2. The predicted octanol–water partition coefficient (Wildman–Crippen LogP) is 5.04. The van der Waals surface area contributed by atoms with Gasteiger partial charge in [0.05, 0.1) is 26.0 Å². The molecule has 0 aromatic carbocycles. The van der Waals surface area contributed by atoms with Crippen LogP contribution in [-0.2, 0) is 17.3 Å². The monoisotopic (exact) mass is 556 g/mol. The third-order valence-corrected chi connectivity index (χ3v) is 8.45. The van der Waals surface area contributed by atoms with Crippen LogP contribution in [0.15, 0.2) is 47.6 Å². The highest BCUT2D eigenvalue weighted by atomic mass is 32.2. The number of alkyl halides is 2. The third-order valence-electron chi connectivity index (χ3n) is 6.36. The average molecular weight is 557 g/mol. The van der Waals surface area contributed by atoms with Crippen LogP contribution in [0.1, 0.15) is 35.9 Å². The number of aromatic nitrogens is 3. The highest BCUT2D eigenvalue weighted by Gasteiger charge is 2.27. The Hall–Kier alpha value is -3.22.